The van der Waals surface area contributed by atoms with Gasteiger partial charge in [0.1, 0.15) is 0 Å². The molecule has 2 atom stereocenters. The molecule has 0 saturated heterocycles. The Hall–Kier alpha value is -2.66. The standard InChI is InChI=1S/C22H29N3O2/c1-16-10-12-18(13-11-16)20(24-17(2)26)14-22(27)23-15-21(25(3)4)19-8-6-5-7-9-19/h5-13,20-21H,14-15H2,1-4H3,(H,23,27)(H,24,26). The normalized spacial score (nSPS) is 13.1. The molecule has 0 aromatic heterocycles. The maximum atomic E-state index is 12.6. The van der Waals surface area contributed by atoms with Crippen LogP contribution in [0.25, 0.3) is 0 Å². The van der Waals surface area contributed by atoms with Crippen molar-refractivity contribution in [1.82, 2.24) is 15.5 Å². The molecule has 2 aromatic carbocycles. The molecule has 0 aliphatic carbocycles. The summed E-state index contributed by atoms with van der Waals surface area (Å²) >= 11 is 0. The minimum Gasteiger partial charge on any atom is -0.354 e. The first kappa shape index (κ1) is 20.6. The van der Waals surface area contributed by atoms with Crippen molar-refractivity contribution in [3.8, 4) is 0 Å². The molecule has 2 unspecified atom stereocenters. The summed E-state index contributed by atoms with van der Waals surface area (Å²) < 4.78 is 0. The van der Waals surface area contributed by atoms with E-state index in [1.54, 1.807) is 0 Å². The predicted molar refractivity (Wildman–Crippen MR) is 108 cm³/mol. The average molecular weight is 367 g/mol. The van der Waals surface area contributed by atoms with Crippen LogP contribution in [-0.4, -0.2) is 37.4 Å². The zero-order chi connectivity index (χ0) is 19.8. The number of carbonyl (C=O) groups is 2. The number of hydrogen-bond donors (Lipinski definition) is 2. The van der Waals surface area contributed by atoms with E-state index in [1.165, 1.54) is 6.92 Å². The lowest BCUT2D eigenvalue weighted by molar-refractivity contribution is -0.123. The summed E-state index contributed by atoms with van der Waals surface area (Å²) in [5.74, 6) is -0.235. The highest BCUT2D eigenvalue weighted by Crippen LogP contribution is 2.19. The Bertz CT molecular complexity index is 742. The number of rotatable bonds is 8. The number of nitrogens with one attached hydrogen (secondary N) is 2. The van der Waals surface area contributed by atoms with Gasteiger partial charge in [0.05, 0.1) is 18.5 Å². The first-order valence-electron chi connectivity index (χ1n) is 9.18. The topological polar surface area (TPSA) is 61.4 Å². The van der Waals surface area contributed by atoms with Gasteiger partial charge in [-0.15, -0.1) is 0 Å². The third kappa shape index (κ3) is 6.53. The average Bonchev–Trinajstić information content (AvgIpc) is 2.62. The van der Waals surface area contributed by atoms with Crippen molar-refractivity contribution in [3.05, 3.63) is 71.3 Å². The molecule has 0 saturated carbocycles. The van der Waals surface area contributed by atoms with E-state index < -0.39 is 0 Å². The van der Waals surface area contributed by atoms with Gasteiger partial charge in [0.15, 0.2) is 0 Å². The fourth-order valence-corrected chi connectivity index (χ4v) is 3.04. The van der Waals surface area contributed by atoms with Crippen LogP contribution in [0.5, 0.6) is 0 Å². The Kier molecular flexibility index (Phi) is 7.55. The fraction of sp³-hybridized carbons (Fsp3) is 0.364. The molecule has 2 amide bonds. The molecule has 27 heavy (non-hydrogen) atoms. The monoisotopic (exact) mass is 367 g/mol. The number of aryl methyl sites for hydroxylation is 1. The molecule has 5 nitrogen and oxygen atoms in total. The molecule has 0 aliphatic rings. The molecule has 0 aliphatic heterocycles. The molecular formula is C22H29N3O2. The van der Waals surface area contributed by atoms with E-state index in [9.17, 15) is 9.59 Å². The Balaban J connectivity index is 2.02. The van der Waals surface area contributed by atoms with Gasteiger partial charge in [-0.2, -0.15) is 0 Å². The Morgan fingerprint density at radius 2 is 1.59 bits per heavy atom. The number of amides is 2. The van der Waals surface area contributed by atoms with Crippen LogP contribution in [-0.2, 0) is 9.59 Å². The van der Waals surface area contributed by atoms with Gasteiger partial charge < -0.3 is 15.5 Å². The zero-order valence-electron chi connectivity index (χ0n) is 16.5. The van der Waals surface area contributed by atoms with E-state index in [1.807, 2.05) is 63.5 Å². The van der Waals surface area contributed by atoms with Crippen LogP contribution in [0.15, 0.2) is 54.6 Å². The van der Waals surface area contributed by atoms with Crippen LogP contribution in [0.3, 0.4) is 0 Å². The summed E-state index contributed by atoms with van der Waals surface area (Å²) in [5.41, 5.74) is 3.22. The number of hydrogen-bond acceptors (Lipinski definition) is 3. The molecule has 2 rings (SSSR count). The highest BCUT2D eigenvalue weighted by molar-refractivity contribution is 5.79. The largest absolute Gasteiger partial charge is 0.354 e. The van der Waals surface area contributed by atoms with Gasteiger partial charge in [0, 0.05) is 13.5 Å². The number of benzene rings is 2. The van der Waals surface area contributed by atoms with Gasteiger partial charge >= 0.3 is 0 Å². The van der Waals surface area contributed by atoms with Crippen LogP contribution in [0.2, 0.25) is 0 Å². The summed E-state index contributed by atoms with van der Waals surface area (Å²) in [4.78, 5) is 26.2. The van der Waals surface area contributed by atoms with Crippen molar-refractivity contribution in [2.45, 2.75) is 32.4 Å². The summed E-state index contributed by atoms with van der Waals surface area (Å²) in [5, 5.41) is 5.89. The number of likely N-dealkylation sites (N-methyl/N-ethyl adjacent to an activating group) is 1. The molecule has 0 fully saturated rings. The van der Waals surface area contributed by atoms with Gasteiger partial charge in [-0.05, 0) is 32.1 Å². The Morgan fingerprint density at radius 1 is 0.963 bits per heavy atom. The predicted octanol–water partition coefficient (Wildman–Crippen LogP) is 2.98. The Morgan fingerprint density at radius 3 is 2.15 bits per heavy atom. The van der Waals surface area contributed by atoms with Crippen molar-refractivity contribution in [3.63, 3.8) is 0 Å². The third-order valence-electron chi connectivity index (χ3n) is 4.55. The molecule has 0 spiro atoms. The molecule has 2 N–H and O–H groups in total. The van der Waals surface area contributed by atoms with E-state index in [0.717, 1.165) is 16.7 Å². The molecule has 2 aromatic rings. The van der Waals surface area contributed by atoms with Crippen molar-refractivity contribution in [1.29, 1.82) is 0 Å². The van der Waals surface area contributed by atoms with Crippen molar-refractivity contribution in [2.75, 3.05) is 20.6 Å². The highest BCUT2D eigenvalue weighted by atomic mass is 16.2. The Labute approximate surface area is 161 Å². The smallest absolute Gasteiger partial charge is 0.222 e. The third-order valence-corrected chi connectivity index (χ3v) is 4.55. The van der Waals surface area contributed by atoms with Crippen molar-refractivity contribution < 1.29 is 9.59 Å². The fourth-order valence-electron chi connectivity index (χ4n) is 3.04. The van der Waals surface area contributed by atoms with Crippen molar-refractivity contribution in [2.24, 2.45) is 0 Å². The summed E-state index contributed by atoms with van der Waals surface area (Å²) in [7, 11) is 3.99. The van der Waals surface area contributed by atoms with Gasteiger partial charge in [-0.25, -0.2) is 0 Å². The molecule has 0 bridgehead atoms. The van der Waals surface area contributed by atoms with Crippen LogP contribution < -0.4 is 10.6 Å². The number of nitrogens with zero attached hydrogens (tertiary/aromatic N) is 1. The van der Waals surface area contributed by atoms with Crippen LogP contribution in [0.1, 0.15) is 42.1 Å². The van der Waals surface area contributed by atoms with Gasteiger partial charge in [0.25, 0.3) is 0 Å². The zero-order valence-corrected chi connectivity index (χ0v) is 16.5. The SMILES string of the molecule is CC(=O)NC(CC(=O)NCC(c1ccccc1)N(C)C)c1ccc(C)cc1. The van der Waals surface area contributed by atoms with E-state index in [0.29, 0.717) is 6.54 Å². The lowest BCUT2D eigenvalue weighted by Crippen LogP contribution is -2.37. The minimum absolute atomic E-state index is 0.0860. The van der Waals surface area contributed by atoms with Gasteiger partial charge in [-0.1, -0.05) is 60.2 Å². The quantitative estimate of drug-likeness (QED) is 0.754. The lowest BCUT2D eigenvalue weighted by atomic mass is 10.0. The second kappa shape index (κ2) is 9.88. The molecule has 5 heteroatoms. The van der Waals surface area contributed by atoms with E-state index in [4.69, 9.17) is 0 Å². The first-order chi connectivity index (χ1) is 12.9. The molecular weight excluding hydrogens is 338 g/mol. The minimum atomic E-state index is -0.336. The molecule has 144 valence electrons. The molecule has 0 heterocycles. The van der Waals surface area contributed by atoms with Crippen LogP contribution in [0, 0.1) is 6.92 Å². The van der Waals surface area contributed by atoms with Gasteiger partial charge in [-0.3, -0.25) is 9.59 Å². The highest BCUT2D eigenvalue weighted by Gasteiger charge is 2.19. The van der Waals surface area contributed by atoms with E-state index >= 15 is 0 Å². The second-order valence-electron chi connectivity index (χ2n) is 7.06. The maximum absolute atomic E-state index is 12.6. The summed E-state index contributed by atoms with van der Waals surface area (Å²) in [6.45, 7) is 3.99. The summed E-state index contributed by atoms with van der Waals surface area (Å²) in [6.07, 6.45) is 0.206. The van der Waals surface area contributed by atoms with Crippen LogP contribution in [0.4, 0.5) is 0 Å². The second-order valence-corrected chi connectivity index (χ2v) is 7.06. The number of carbonyl (C=O) groups excluding carboxylic acids is 2. The van der Waals surface area contributed by atoms with Crippen molar-refractivity contribution >= 4 is 11.8 Å². The lowest BCUT2D eigenvalue weighted by Gasteiger charge is -2.26. The van der Waals surface area contributed by atoms with E-state index in [-0.39, 0.29) is 30.3 Å². The summed E-state index contributed by atoms with van der Waals surface area (Å²) in [6, 6.07) is 17.7. The maximum Gasteiger partial charge on any atom is 0.222 e. The molecule has 0 radical (unpaired) electrons. The van der Waals surface area contributed by atoms with Crippen LogP contribution >= 0.6 is 0 Å². The first-order valence-corrected chi connectivity index (χ1v) is 9.18. The van der Waals surface area contributed by atoms with Gasteiger partial charge in [0.2, 0.25) is 11.8 Å². The van der Waals surface area contributed by atoms with E-state index in [2.05, 4.69) is 27.7 Å².